The van der Waals surface area contributed by atoms with Gasteiger partial charge in [-0.25, -0.2) is 0 Å². The van der Waals surface area contributed by atoms with Gasteiger partial charge in [-0.3, -0.25) is 24.2 Å². The molecular weight excluding hydrogens is 506 g/mol. The van der Waals surface area contributed by atoms with Crippen molar-refractivity contribution in [3.05, 3.63) is 45.7 Å². The van der Waals surface area contributed by atoms with Gasteiger partial charge in [0.2, 0.25) is 5.78 Å². The fourth-order valence-corrected chi connectivity index (χ4v) is 7.15. The number of nitrogens with two attached hydrogens (primary N) is 1. The number of aromatic hydroxyl groups is 1. The smallest absolute Gasteiger partial charge is 0.255 e. The third-order valence-electron chi connectivity index (χ3n) is 9.06. The number of aliphatic hydroxyl groups is 4. The Morgan fingerprint density at radius 3 is 2.36 bits per heavy atom. The van der Waals surface area contributed by atoms with Crippen LogP contribution in [0, 0.1) is 11.8 Å². The van der Waals surface area contributed by atoms with Crippen molar-refractivity contribution in [2.24, 2.45) is 17.6 Å². The average Bonchev–Trinajstić information content (AvgIpc) is 2.87. The molecule has 11 nitrogen and oxygen atoms in total. The third kappa shape index (κ3) is 3.75. The van der Waals surface area contributed by atoms with Gasteiger partial charge in [0, 0.05) is 23.6 Å². The van der Waals surface area contributed by atoms with Gasteiger partial charge in [-0.15, -0.1) is 0 Å². The Morgan fingerprint density at radius 1 is 1.13 bits per heavy atom. The standard InChI is InChI=1S/C28H35N3O8/c1-12-14-8-7-13(11-31-9-5-4-6-10-31)21(32)16(14)22(33)17-15(12)23(34)19-20(30(2)3)24(35)18(27(29)38)26(37)28(19,39)25(17)36/h7-8,12,15,19-20,23,32-34,37,39H,4-6,9-11H2,1-3H3,(H2,29,38)/t12-,15+,19+,20-,23-,28-/m0/s1. The van der Waals surface area contributed by atoms with Crippen molar-refractivity contribution in [3.63, 3.8) is 0 Å². The molecule has 1 saturated carbocycles. The predicted molar refractivity (Wildman–Crippen MR) is 139 cm³/mol. The highest BCUT2D eigenvalue weighted by Gasteiger charge is 2.68. The molecule has 1 saturated heterocycles. The lowest BCUT2D eigenvalue weighted by atomic mass is 9.54. The Hall–Kier alpha value is -3.25. The number of fused-ring (bicyclic) bond motifs is 3. The molecular formula is C28H35N3O8. The molecule has 0 radical (unpaired) electrons. The number of Topliss-reactive ketones (excluding diaryl/α,β-unsaturated/α-hetero) is 2. The highest BCUT2D eigenvalue weighted by molar-refractivity contribution is 6.24. The first-order chi connectivity index (χ1) is 18.3. The number of benzene rings is 1. The number of phenols is 1. The molecule has 0 unspecified atom stereocenters. The van der Waals surface area contributed by atoms with Crippen LogP contribution in [-0.4, -0.2) is 97.7 Å². The van der Waals surface area contributed by atoms with E-state index in [2.05, 4.69) is 4.90 Å². The predicted octanol–water partition coefficient (Wildman–Crippen LogP) is 0.482. The van der Waals surface area contributed by atoms with E-state index >= 15 is 0 Å². The summed E-state index contributed by atoms with van der Waals surface area (Å²) in [5.41, 5.74) is 2.22. The first-order valence-electron chi connectivity index (χ1n) is 13.2. The Kier molecular flexibility index (Phi) is 6.61. The lowest BCUT2D eigenvalue weighted by Crippen LogP contribution is -2.70. The Bertz CT molecular complexity index is 1330. The summed E-state index contributed by atoms with van der Waals surface area (Å²) in [5.74, 6) is -8.73. The topological polar surface area (TPSA) is 185 Å². The zero-order valence-corrected chi connectivity index (χ0v) is 22.2. The van der Waals surface area contributed by atoms with E-state index in [4.69, 9.17) is 5.73 Å². The monoisotopic (exact) mass is 541 g/mol. The van der Waals surface area contributed by atoms with Crippen LogP contribution in [0.1, 0.15) is 48.8 Å². The number of piperidine rings is 1. The van der Waals surface area contributed by atoms with E-state index in [1.54, 1.807) is 19.1 Å². The van der Waals surface area contributed by atoms with Gasteiger partial charge >= 0.3 is 0 Å². The SMILES string of the molecule is C[C@H]1c2ccc(CN3CCCCC3)c(O)c2C(O)=C2C(=O)[C@]3(O)C(O)=C(C(N)=O)C(=O)[C@@H](N(C)C)[C@@H]3[C@@H](O)[C@@H]21. The lowest BCUT2D eigenvalue weighted by Gasteiger charge is -2.53. The molecule has 0 bridgehead atoms. The molecule has 0 aromatic heterocycles. The second-order valence-corrected chi connectivity index (χ2v) is 11.4. The van der Waals surface area contributed by atoms with Crippen LogP contribution in [0.25, 0.3) is 5.76 Å². The Balaban J connectivity index is 1.69. The molecule has 1 aromatic rings. The molecule has 1 aromatic carbocycles. The Morgan fingerprint density at radius 2 is 1.77 bits per heavy atom. The van der Waals surface area contributed by atoms with E-state index in [1.165, 1.54) is 19.0 Å². The number of hydrogen-bond donors (Lipinski definition) is 6. The number of amides is 1. The molecule has 2 fully saturated rings. The first kappa shape index (κ1) is 27.3. The molecule has 7 N–H and O–H groups in total. The maximum Gasteiger partial charge on any atom is 0.255 e. The van der Waals surface area contributed by atoms with E-state index in [9.17, 15) is 39.9 Å². The number of aliphatic hydroxyl groups excluding tert-OH is 3. The normalized spacial score (nSPS) is 33.2. The van der Waals surface area contributed by atoms with Gasteiger partial charge < -0.3 is 31.3 Å². The number of primary amides is 1. The van der Waals surface area contributed by atoms with Crippen molar-refractivity contribution in [2.45, 2.75) is 56.4 Å². The third-order valence-corrected chi connectivity index (χ3v) is 9.06. The van der Waals surface area contributed by atoms with Crippen LogP contribution in [0.3, 0.4) is 0 Å². The molecule has 1 heterocycles. The van der Waals surface area contributed by atoms with Crippen molar-refractivity contribution in [1.29, 1.82) is 0 Å². The maximum atomic E-state index is 14.0. The van der Waals surface area contributed by atoms with Gasteiger partial charge in [-0.1, -0.05) is 25.5 Å². The molecule has 39 heavy (non-hydrogen) atoms. The van der Waals surface area contributed by atoms with Gasteiger partial charge in [0.15, 0.2) is 11.4 Å². The van der Waals surface area contributed by atoms with Gasteiger partial charge in [-0.05, 0) is 51.5 Å². The van der Waals surface area contributed by atoms with E-state index < -0.39 is 70.1 Å². The van der Waals surface area contributed by atoms with Gasteiger partial charge in [0.25, 0.3) is 5.91 Å². The first-order valence-corrected chi connectivity index (χ1v) is 13.2. The minimum absolute atomic E-state index is 0.0282. The van der Waals surface area contributed by atoms with Crippen LogP contribution in [-0.2, 0) is 20.9 Å². The van der Waals surface area contributed by atoms with Gasteiger partial charge in [-0.2, -0.15) is 0 Å². The molecule has 6 atom stereocenters. The number of likely N-dealkylation sites (N-methyl/N-ethyl adjacent to an activating group) is 1. The van der Waals surface area contributed by atoms with Gasteiger partial charge in [0.1, 0.15) is 22.8 Å². The van der Waals surface area contributed by atoms with Gasteiger partial charge in [0.05, 0.1) is 23.6 Å². The van der Waals surface area contributed by atoms with Crippen molar-refractivity contribution < 1.29 is 39.9 Å². The summed E-state index contributed by atoms with van der Waals surface area (Å²) in [5, 5.41) is 57.1. The fraction of sp³-hybridized carbons (Fsp3) is 0.536. The minimum atomic E-state index is -2.91. The second kappa shape index (κ2) is 9.44. The number of likely N-dealkylation sites (tertiary alicyclic amines) is 1. The summed E-state index contributed by atoms with van der Waals surface area (Å²) in [6.07, 6.45) is 1.64. The van der Waals surface area contributed by atoms with Crippen molar-refractivity contribution in [3.8, 4) is 5.75 Å². The zero-order valence-electron chi connectivity index (χ0n) is 22.2. The highest BCUT2D eigenvalue weighted by Crippen LogP contribution is 2.56. The molecule has 11 heteroatoms. The number of carbonyl (C=O) groups excluding carboxylic acids is 3. The summed E-state index contributed by atoms with van der Waals surface area (Å²) in [6.45, 7) is 3.92. The number of hydrogen-bond acceptors (Lipinski definition) is 10. The molecule has 1 aliphatic heterocycles. The molecule has 5 rings (SSSR count). The average molecular weight is 542 g/mol. The number of phenolic OH excluding ortho intramolecular Hbond substituents is 1. The largest absolute Gasteiger partial charge is 0.508 e. The summed E-state index contributed by atoms with van der Waals surface area (Å²) < 4.78 is 0. The zero-order chi connectivity index (χ0) is 28.5. The summed E-state index contributed by atoms with van der Waals surface area (Å²) in [7, 11) is 2.96. The van der Waals surface area contributed by atoms with Crippen LogP contribution >= 0.6 is 0 Å². The van der Waals surface area contributed by atoms with Crippen LogP contribution in [0.5, 0.6) is 5.75 Å². The quantitative estimate of drug-likeness (QED) is 0.293. The van der Waals surface area contributed by atoms with Crippen LogP contribution in [0.4, 0.5) is 0 Å². The number of ketones is 2. The number of nitrogens with zero attached hydrogens (tertiary/aromatic N) is 2. The van der Waals surface area contributed by atoms with E-state index in [1.807, 2.05) is 0 Å². The molecule has 4 aliphatic rings. The lowest BCUT2D eigenvalue weighted by molar-refractivity contribution is -0.169. The van der Waals surface area contributed by atoms with Crippen LogP contribution in [0.15, 0.2) is 29.0 Å². The summed E-state index contributed by atoms with van der Waals surface area (Å²) in [4.78, 5) is 43.0. The Labute approximate surface area is 225 Å². The summed E-state index contributed by atoms with van der Waals surface area (Å²) >= 11 is 0. The molecule has 3 aliphatic carbocycles. The second-order valence-electron chi connectivity index (χ2n) is 11.4. The highest BCUT2D eigenvalue weighted by atomic mass is 16.4. The number of rotatable bonds is 4. The van der Waals surface area contributed by atoms with E-state index in [0.29, 0.717) is 17.7 Å². The van der Waals surface area contributed by atoms with Crippen molar-refractivity contribution in [1.82, 2.24) is 9.80 Å². The molecule has 0 spiro atoms. The molecule has 1 amide bonds. The van der Waals surface area contributed by atoms with Crippen molar-refractivity contribution in [2.75, 3.05) is 27.2 Å². The maximum absolute atomic E-state index is 14.0. The number of carbonyl (C=O) groups is 3. The van der Waals surface area contributed by atoms with Crippen LogP contribution in [0.2, 0.25) is 0 Å². The van der Waals surface area contributed by atoms with E-state index in [0.717, 1.165) is 32.4 Å². The minimum Gasteiger partial charge on any atom is -0.508 e. The van der Waals surface area contributed by atoms with Crippen molar-refractivity contribution >= 4 is 23.2 Å². The molecule has 210 valence electrons. The van der Waals surface area contributed by atoms with Crippen LogP contribution < -0.4 is 5.73 Å². The van der Waals surface area contributed by atoms with E-state index in [-0.39, 0.29) is 16.9 Å². The summed E-state index contributed by atoms with van der Waals surface area (Å²) in [6, 6.07) is 2.15. The fourth-order valence-electron chi connectivity index (χ4n) is 7.15.